The van der Waals surface area contributed by atoms with Crippen LogP contribution >= 0.6 is 11.8 Å². The van der Waals surface area contributed by atoms with Crippen LogP contribution in [0.1, 0.15) is 31.4 Å². The van der Waals surface area contributed by atoms with Crippen LogP contribution in [0.2, 0.25) is 0 Å². The minimum absolute atomic E-state index is 0.0419. The van der Waals surface area contributed by atoms with Crippen molar-refractivity contribution >= 4 is 21.6 Å². The Bertz CT molecular complexity index is 632. The molecule has 6 heteroatoms. The summed E-state index contributed by atoms with van der Waals surface area (Å²) in [4.78, 5) is 0.709. The van der Waals surface area contributed by atoms with E-state index in [-0.39, 0.29) is 23.4 Å². The Morgan fingerprint density at radius 2 is 2.25 bits per heavy atom. The monoisotopic (exact) mass is 315 g/mol. The Labute approximate surface area is 123 Å². The largest absolute Gasteiger partial charge is 0.304 e. The number of halogens is 1. The van der Waals surface area contributed by atoms with E-state index in [0.29, 0.717) is 11.3 Å². The number of hydrogen-bond donors (Lipinski definition) is 1. The number of hydrogen-bond acceptors (Lipinski definition) is 4. The third-order valence-electron chi connectivity index (χ3n) is 4.05. The second-order valence-corrected chi connectivity index (χ2v) is 9.18. The van der Waals surface area contributed by atoms with Gasteiger partial charge in [0.05, 0.1) is 11.5 Å². The van der Waals surface area contributed by atoms with E-state index in [9.17, 15) is 12.8 Å². The normalized spacial score (nSPS) is 32.0. The molecule has 0 spiro atoms. The first-order valence-electron chi connectivity index (χ1n) is 6.78. The molecule has 20 heavy (non-hydrogen) atoms. The van der Waals surface area contributed by atoms with E-state index >= 15 is 0 Å². The molecular weight excluding hydrogens is 297 g/mol. The molecule has 2 atom stereocenters. The van der Waals surface area contributed by atoms with Gasteiger partial charge in [-0.05, 0) is 37.1 Å². The van der Waals surface area contributed by atoms with Crippen LogP contribution in [0, 0.1) is 5.82 Å². The minimum atomic E-state index is -2.93. The van der Waals surface area contributed by atoms with Gasteiger partial charge in [-0.3, -0.25) is 0 Å². The molecule has 2 unspecified atom stereocenters. The Kier molecular flexibility index (Phi) is 3.59. The van der Waals surface area contributed by atoms with Crippen molar-refractivity contribution < 1.29 is 12.8 Å². The molecular formula is C14H18FNO2S2. The number of fused-ring (bicyclic) bond motifs is 1. The first-order chi connectivity index (χ1) is 9.39. The van der Waals surface area contributed by atoms with Crippen molar-refractivity contribution in [3.05, 3.63) is 29.6 Å². The zero-order chi connectivity index (χ0) is 14.4. The highest BCUT2D eigenvalue weighted by atomic mass is 32.2. The molecule has 0 radical (unpaired) electrons. The zero-order valence-corrected chi connectivity index (χ0v) is 13.0. The van der Waals surface area contributed by atoms with Gasteiger partial charge in [0, 0.05) is 16.5 Å². The van der Waals surface area contributed by atoms with Crippen molar-refractivity contribution in [2.45, 2.75) is 36.2 Å². The van der Waals surface area contributed by atoms with Crippen LogP contribution < -0.4 is 5.32 Å². The summed E-state index contributed by atoms with van der Waals surface area (Å²) in [6.07, 6.45) is 1.53. The highest BCUT2D eigenvalue weighted by Gasteiger charge is 2.40. The third-order valence-corrected chi connectivity index (χ3v) is 7.11. The molecule has 1 N–H and O–H groups in total. The summed E-state index contributed by atoms with van der Waals surface area (Å²) in [6, 6.07) is 5.19. The maximum atomic E-state index is 13.8. The fourth-order valence-electron chi connectivity index (χ4n) is 3.08. The topological polar surface area (TPSA) is 46.2 Å². The Hall–Kier alpha value is -0.590. The van der Waals surface area contributed by atoms with Crippen molar-refractivity contribution in [2.24, 2.45) is 0 Å². The molecule has 1 aromatic carbocycles. The van der Waals surface area contributed by atoms with Gasteiger partial charge in [-0.1, -0.05) is 12.1 Å². The third kappa shape index (κ3) is 2.73. The summed E-state index contributed by atoms with van der Waals surface area (Å²) in [5.74, 6) is 1.10. The standard InChI is InChI=1S/C14H18FNO2S2/c1-14(6-8-20(17,18)9-14)16-12-5-7-19-13-10(12)3-2-4-11(13)15/h2-4,12,16H,5-9H2,1H3. The summed E-state index contributed by atoms with van der Waals surface area (Å²) in [5.41, 5.74) is 0.571. The van der Waals surface area contributed by atoms with E-state index < -0.39 is 15.4 Å². The van der Waals surface area contributed by atoms with E-state index in [0.717, 1.165) is 17.7 Å². The SMILES string of the molecule is CC1(NC2CCSc3c(F)cccc32)CCS(=O)(=O)C1. The van der Waals surface area contributed by atoms with Gasteiger partial charge in [-0.25, -0.2) is 12.8 Å². The van der Waals surface area contributed by atoms with Gasteiger partial charge < -0.3 is 5.32 Å². The van der Waals surface area contributed by atoms with Gasteiger partial charge in [-0.2, -0.15) is 0 Å². The summed E-state index contributed by atoms with van der Waals surface area (Å²) in [5, 5.41) is 3.47. The summed E-state index contributed by atoms with van der Waals surface area (Å²) < 4.78 is 37.2. The number of sulfone groups is 1. The number of benzene rings is 1. The molecule has 0 aromatic heterocycles. The second kappa shape index (κ2) is 5.00. The highest BCUT2D eigenvalue weighted by molar-refractivity contribution is 7.99. The van der Waals surface area contributed by atoms with Crippen LogP contribution in [-0.2, 0) is 9.84 Å². The highest BCUT2D eigenvalue weighted by Crippen LogP contribution is 2.39. The molecule has 0 amide bonds. The molecule has 0 bridgehead atoms. The van der Waals surface area contributed by atoms with Crippen molar-refractivity contribution in [1.82, 2.24) is 5.32 Å². The van der Waals surface area contributed by atoms with Gasteiger partial charge in [0.25, 0.3) is 0 Å². The lowest BCUT2D eigenvalue weighted by Crippen LogP contribution is -2.46. The molecule has 1 aromatic rings. The lowest BCUT2D eigenvalue weighted by molar-refractivity contribution is 0.332. The zero-order valence-electron chi connectivity index (χ0n) is 11.4. The van der Waals surface area contributed by atoms with E-state index in [1.165, 1.54) is 6.07 Å². The van der Waals surface area contributed by atoms with Crippen molar-refractivity contribution in [2.75, 3.05) is 17.3 Å². The fraction of sp³-hybridized carbons (Fsp3) is 0.571. The average Bonchev–Trinajstić information content (AvgIpc) is 2.65. The van der Waals surface area contributed by atoms with Crippen LogP contribution in [0.25, 0.3) is 0 Å². The summed E-state index contributed by atoms with van der Waals surface area (Å²) in [6.45, 7) is 1.96. The van der Waals surface area contributed by atoms with Crippen LogP contribution in [0.5, 0.6) is 0 Å². The van der Waals surface area contributed by atoms with Gasteiger partial charge in [0.15, 0.2) is 9.84 Å². The predicted octanol–water partition coefficient (Wildman–Crippen LogP) is 2.53. The lowest BCUT2D eigenvalue weighted by Gasteiger charge is -2.34. The van der Waals surface area contributed by atoms with Crippen LogP contribution in [0.3, 0.4) is 0 Å². The van der Waals surface area contributed by atoms with Crippen LogP contribution in [0.15, 0.2) is 23.1 Å². The molecule has 0 aliphatic carbocycles. The molecule has 110 valence electrons. The first kappa shape index (κ1) is 14.4. The molecule has 3 rings (SSSR count). The van der Waals surface area contributed by atoms with Crippen LogP contribution in [-0.4, -0.2) is 31.2 Å². The average molecular weight is 315 g/mol. The smallest absolute Gasteiger partial charge is 0.152 e. The lowest BCUT2D eigenvalue weighted by atomic mass is 9.96. The van der Waals surface area contributed by atoms with E-state index in [1.807, 2.05) is 13.0 Å². The molecule has 3 nitrogen and oxygen atoms in total. The Balaban J connectivity index is 1.86. The Morgan fingerprint density at radius 1 is 1.45 bits per heavy atom. The van der Waals surface area contributed by atoms with Gasteiger partial charge in [-0.15, -0.1) is 11.8 Å². The quantitative estimate of drug-likeness (QED) is 0.911. The van der Waals surface area contributed by atoms with Crippen molar-refractivity contribution in [3.8, 4) is 0 Å². The number of rotatable bonds is 2. The second-order valence-electron chi connectivity index (χ2n) is 5.89. The van der Waals surface area contributed by atoms with Gasteiger partial charge >= 0.3 is 0 Å². The summed E-state index contributed by atoms with van der Waals surface area (Å²) >= 11 is 1.54. The fourth-order valence-corrected chi connectivity index (χ4v) is 6.33. The predicted molar refractivity (Wildman–Crippen MR) is 79.3 cm³/mol. The van der Waals surface area contributed by atoms with E-state index in [1.54, 1.807) is 17.8 Å². The number of thioether (sulfide) groups is 1. The van der Waals surface area contributed by atoms with Crippen LogP contribution in [0.4, 0.5) is 4.39 Å². The van der Waals surface area contributed by atoms with E-state index in [2.05, 4.69) is 5.32 Å². The molecule has 2 aliphatic rings. The number of nitrogens with one attached hydrogen (secondary N) is 1. The minimum Gasteiger partial charge on any atom is -0.304 e. The molecule has 0 saturated carbocycles. The maximum Gasteiger partial charge on any atom is 0.152 e. The Morgan fingerprint density at radius 3 is 2.95 bits per heavy atom. The van der Waals surface area contributed by atoms with Gasteiger partial charge in [0.2, 0.25) is 0 Å². The van der Waals surface area contributed by atoms with Crippen molar-refractivity contribution in [1.29, 1.82) is 0 Å². The first-order valence-corrected chi connectivity index (χ1v) is 9.59. The van der Waals surface area contributed by atoms with E-state index in [4.69, 9.17) is 0 Å². The van der Waals surface area contributed by atoms with Crippen molar-refractivity contribution in [3.63, 3.8) is 0 Å². The molecule has 2 heterocycles. The molecule has 1 saturated heterocycles. The maximum absolute atomic E-state index is 13.8. The summed E-state index contributed by atoms with van der Waals surface area (Å²) in [7, 11) is -2.93. The molecule has 1 fully saturated rings. The van der Waals surface area contributed by atoms with Gasteiger partial charge in [0.1, 0.15) is 5.82 Å². The molecule has 2 aliphatic heterocycles.